The van der Waals surface area contributed by atoms with Crippen LogP contribution in [0.1, 0.15) is 19.8 Å². The van der Waals surface area contributed by atoms with Crippen LogP contribution < -0.4 is 0 Å². The van der Waals surface area contributed by atoms with Crippen molar-refractivity contribution in [3.63, 3.8) is 0 Å². The Bertz CT molecular complexity index is 84.6. The minimum absolute atomic E-state index is 0.140. The molecular weight excluding hydrogens is 172 g/mol. The van der Waals surface area contributed by atoms with Crippen LogP contribution in [0, 0.1) is 6.42 Å². The van der Waals surface area contributed by atoms with Crippen molar-refractivity contribution in [2.24, 2.45) is 0 Å². The molecule has 0 aromatic rings. The molecule has 3 heteroatoms. The van der Waals surface area contributed by atoms with Crippen molar-refractivity contribution in [1.29, 1.82) is 0 Å². The van der Waals surface area contributed by atoms with Gasteiger partial charge in [0, 0.05) is 26.4 Å². The summed E-state index contributed by atoms with van der Waals surface area (Å²) in [6, 6.07) is 0. The molecule has 0 amide bonds. The zero-order chi connectivity index (χ0) is 9.23. The smallest absolute Gasteiger partial charge is 0.160 e. The van der Waals surface area contributed by atoms with Crippen LogP contribution in [0.25, 0.3) is 0 Å². The van der Waals surface area contributed by atoms with E-state index in [1.807, 2.05) is 18.2 Å². The summed E-state index contributed by atoms with van der Waals surface area (Å²) in [6.07, 6.45) is 4.47. The molecule has 0 aliphatic carbocycles. The average Bonchev–Trinajstić information content (AvgIpc) is 2.11. The van der Waals surface area contributed by atoms with E-state index >= 15 is 0 Å². The van der Waals surface area contributed by atoms with Gasteiger partial charge in [-0.3, -0.25) is 0 Å². The number of thioether (sulfide) groups is 1. The Labute approximate surface area is 80.0 Å². The van der Waals surface area contributed by atoms with Crippen LogP contribution in [-0.2, 0) is 9.47 Å². The Morgan fingerprint density at radius 1 is 1.33 bits per heavy atom. The standard InChI is InChI=1S/C9H19O2S/c1-4-5-7-12-8-6-9(10-2)11-3/h6,9H,4-5,7-8H2,1-3H3. The maximum atomic E-state index is 5.01. The normalized spacial score (nSPS) is 11.0. The summed E-state index contributed by atoms with van der Waals surface area (Å²) in [6.45, 7) is 2.21. The first-order valence-corrected chi connectivity index (χ1v) is 5.47. The molecule has 0 unspecified atom stereocenters. The van der Waals surface area contributed by atoms with Gasteiger partial charge in [-0.2, -0.15) is 11.8 Å². The number of hydrogen-bond acceptors (Lipinski definition) is 3. The van der Waals surface area contributed by atoms with Gasteiger partial charge in [0.2, 0.25) is 0 Å². The molecule has 0 fully saturated rings. The van der Waals surface area contributed by atoms with Gasteiger partial charge in [0.1, 0.15) is 0 Å². The lowest BCUT2D eigenvalue weighted by atomic mass is 10.4. The van der Waals surface area contributed by atoms with Crippen LogP contribution in [0.15, 0.2) is 0 Å². The number of ether oxygens (including phenoxy) is 2. The Hall–Kier alpha value is 0.270. The van der Waals surface area contributed by atoms with Gasteiger partial charge in [-0.1, -0.05) is 13.3 Å². The highest BCUT2D eigenvalue weighted by Gasteiger charge is 2.03. The van der Waals surface area contributed by atoms with Crippen LogP contribution in [0.4, 0.5) is 0 Å². The SMILES string of the molecule is CCCCSC[CH]C(OC)OC. The van der Waals surface area contributed by atoms with E-state index in [0.717, 1.165) is 5.75 Å². The van der Waals surface area contributed by atoms with Gasteiger partial charge >= 0.3 is 0 Å². The number of hydrogen-bond donors (Lipinski definition) is 0. The fraction of sp³-hybridized carbons (Fsp3) is 0.889. The van der Waals surface area contributed by atoms with Crippen LogP contribution >= 0.6 is 11.8 Å². The molecule has 0 rings (SSSR count). The van der Waals surface area contributed by atoms with E-state index in [4.69, 9.17) is 9.47 Å². The summed E-state index contributed by atoms with van der Waals surface area (Å²) in [5, 5.41) is 0. The number of methoxy groups -OCH3 is 2. The summed E-state index contributed by atoms with van der Waals surface area (Å²) in [7, 11) is 3.31. The monoisotopic (exact) mass is 191 g/mol. The van der Waals surface area contributed by atoms with Crippen LogP contribution in [0.5, 0.6) is 0 Å². The van der Waals surface area contributed by atoms with Gasteiger partial charge in [-0.25, -0.2) is 0 Å². The summed E-state index contributed by atoms with van der Waals surface area (Å²) in [5.74, 6) is 2.24. The molecule has 0 aromatic heterocycles. The van der Waals surface area contributed by atoms with Crippen LogP contribution in [0.3, 0.4) is 0 Å². The predicted molar refractivity (Wildman–Crippen MR) is 54.3 cm³/mol. The molecule has 0 saturated carbocycles. The molecule has 0 aliphatic heterocycles. The summed E-state index contributed by atoms with van der Waals surface area (Å²) in [4.78, 5) is 0. The molecule has 0 saturated heterocycles. The number of unbranched alkanes of at least 4 members (excludes halogenated alkanes) is 1. The van der Waals surface area contributed by atoms with Crippen molar-refractivity contribution in [3.05, 3.63) is 6.42 Å². The summed E-state index contributed by atoms with van der Waals surface area (Å²) >= 11 is 1.92. The molecule has 0 N–H and O–H groups in total. The van der Waals surface area contributed by atoms with Crippen molar-refractivity contribution < 1.29 is 9.47 Å². The molecule has 0 aromatic carbocycles. The lowest BCUT2D eigenvalue weighted by molar-refractivity contribution is -0.0771. The first-order valence-electron chi connectivity index (χ1n) is 4.31. The minimum Gasteiger partial charge on any atom is -0.356 e. The molecule has 0 bridgehead atoms. The maximum absolute atomic E-state index is 5.01. The van der Waals surface area contributed by atoms with E-state index in [-0.39, 0.29) is 6.29 Å². The molecule has 0 aliphatic rings. The van der Waals surface area contributed by atoms with Crippen molar-refractivity contribution in [1.82, 2.24) is 0 Å². The molecule has 2 nitrogen and oxygen atoms in total. The van der Waals surface area contributed by atoms with Gasteiger partial charge < -0.3 is 9.47 Å². The Morgan fingerprint density at radius 3 is 2.50 bits per heavy atom. The van der Waals surface area contributed by atoms with Crippen molar-refractivity contribution >= 4 is 11.8 Å². The molecule has 12 heavy (non-hydrogen) atoms. The van der Waals surface area contributed by atoms with E-state index in [1.165, 1.54) is 18.6 Å². The average molecular weight is 191 g/mol. The van der Waals surface area contributed by atoms with Crippen LogP contribution in [-0.4, -0.2) is 32.0 Å². The Morgan fingerprint density at radius 2 is 2.00 bits per heavy atom. The molecule has 0 spiro atoms. The largest absolute Gasteiger partial charge is 0.356 e. The number of rotatable bonds is 8. The van der Waals surface area contributed by atoms with E-state index in [9.17, 15) is 0 Å². The van der Waals surface area contributed by atoms with E-state index in [1.54, 1.807) is 14.2 Å². The fourth-order valence-electron chi connectivity index (χ4n) is 0.765. The third-order valence-electron chi connectivity index (χ3n) is 1.51. The van der Waals surface area contributed by atoms with E-state index in [2.05, 4.69) is 6.92 Å². The molecule has 73 valence electrons. The lowest BCUT2D eigenvalue weighted by Crippen LogP contribution is -2.14. The second kappa shape index (κ2) is 9.36. The lowest BCUT2D eigenvalue weighted by Gasteiger charge is -2.11. The first kappa shape index (κ1) is 12.3. The second-order valence-electron chi connectivity index (χ2n) is 2.50. The molecular formula is C9H19O2S. The molecule has 1 radical (unpaired) electrons. The van der Waals surface area contributed by atoms with Gasteiger partial charge in [-0.15, -0.1) is 0 Å². The summed E-state index contributed by atoms with van der Waals surface area (Å²) < 4.78 is 10.0. The predicted octanol–water partition coefficient (Wildman–Crippen LogP) is 2.34. The van der Waals surface area contributed by atoms with Crippen molar-refractivity contribution in [2.75, 3.05) is 25.7 Å². The van der Waals surface area contributed by atoms with Gasteiger partial charge in [-0.05, 0) is 12.2 Å². The summed E-state index contributed by atoms with van der Waals surface area (Å²) in [5.41, 5.74) is 0. The maximum Gasteiger partial charge on any atom is 0.160 e. The molecule has 0 heterocycles. The van der Waals surface area contributed by atoms with Crippen molar-refractivity contribution in [3.8, 4) is 0 Å². The van der Waals surface area contributed by atoms with E-state index in [0.29, 0.717) is 0 Å². The van der Waals surface area contributed by atoms with Gasteiger partial charge in [0.15, 0.2) is 6.29 Å². The minimum atomic E-state index is -0.140. The highest BCUT2D eigenvalue weighted by molar-refractivity contribution is 7.99. The topological polar surface area (TPSA) is 18.5 Å². The Kier molecular flexibility index (Phi) is 9.57. The fourth-order valence-corrected chi connectivity index (χ4v) is 1.72. The first-order chi connectivity index (χ1) is 5.85. The highest BCUT2D eigenvalue weighted by atomic mass is 32.2. The van der Waals surface area contributed by atoms with Crippen LogP contribution in [0.2, 0.25) is 0 Å². The van der Waals surface area contributed by atoms with Gasteiger partial charge in [0.25, 0.3) is 0 Å². The highest BCUT2D eigenvalue weighted by Crippen LogP contribution is 2.08. The third-order valence-corrected chi connectivity index (χ3v) is 2.52. The zero-order valence-electron chi connectivity index (χ0n) is 8.21. The van der Waals surface area contributed by atoms with E-state index < -0.39 is 0 Å². The molecule has 0 atom stereocenters. The zero-order valence-corrected chi connectivity index (χ0v) is 9.02. The quantitative estimate of drug-likeness (QED) is 0.433. The van der Waals surface area contributed by atoms with Crippen molar-refractivity contribution in [2.45, 2.75) is 26.1 Å². The second-order valence-corrected chi connectivity index (χ2v) is 3.65. The van der Waals surface area contributed by atoms with Gasteiger partial charge in [0.05, 0.1) is 0 Å². The third kappa shape index (κ3) is 6.95. The Balaban J connectivity index is 3.06.